The van der Waals surface area contributed by atoms with E-state index in [1.807, 2.05) is 17.0 Å². The topological polar surface area (TPSA) is 120 Å². The number of hydrogen-bond donors (Lipinski definition) is 2. The van der Waals surface area contributed by atoms with Crippen LogP contribution in [-0.4, -0.2) is 89.7 Å². The van der Waals surface area contributed by atoms with Gasteiger partial charge in [0.2, 0.25) is 11.8 Å². The molecule has 4 fully saturated rings. The molecule has 4 aliphatic rings. The summed E-state index contributed by atoms with van der Waals surface area (Å²) in [5.41, 5.74) is 6.02. The van der Waals surface area contributed by atoms with E-state index < -0.39 is 0 Å². The molecule has 1 aromatic heterocycles. The molecular weight excluding hydrogens is 972 g/mol. The maximum absolute atomic E-state index is 13.6. The van der Waals surface area contributed by atoms with Crippen molar-refractivity contribution in [1.29, 1.82) is 0 Å². The van der Waals surface area contributed by atoms with E-state index in [1.165, 1.54) is 16.3 Å². The number of halogens is 1. The molecule has 13 heteroatoms. The van der Waals surface area contributed by atoms with E-state index in [0.717, 1.165) is 93.6 Å². The quantitative estimate of drug-likeness (QED) is 0.271. The first-order valence-corrected chi connectivity index (χ1v) is 18.9. The minimum atomic E-state index is -0.264. The number of carbonyl (C=O) groups is 3. The van der Waals surface area contributed by atoms with Crippen LogP contribution < -0.4 is 21.1 Å². The fraction of sp³-hybridized carbons (Fsp3) is 0.487. The fourth-order valence-electron chi connectivity index (χ4n) is 8.53. The van der Waals surface area contributed by atoms with Crippen molar-refractivity contribution in [3.8, 4) is 0 Å². The molecule has 3 aromatic rings. The van der Waals surface area contributed by atoms with E-state index in [0.29, 0.717) is 23.0 Å². The molecule has 3 amide bonds. The van der Waals surface area contributed by atoms with Crippen LogP contribution in [-0.2, 0) is 16.6 Å². The van der Waals surface area contributed by atoms with E-state index in [1.54, 1.807) is 13.2 Å². The number of nitrogens with zero attached hydrogens (tertiary/aromatic N) is 5. The smallest absolute Gasteiger partial charge is 0.282 e. The first-order chi connectivity index (χ1) is 24.5. The summed E-state index contributed by atoms with van der Waals surface area (Å²) in [6, 6.07) is 14.5. The van der Waals surface area contributed by atoms with Gasteiger partial charge in [0.1, 0.15) is 4.47 Å². The van der Waals surface area contributed by atoms with Crippen molar-refractivity contribution in [3.63, 3.8) is 0 Å². The molecule has 285 valence electrons. The molecule has 1 radical (unpaired) electrons. The Morgan fingerprint density at radius 3 is 2.37 bits per heavy atom. The zero-order valence-corrected chi connectivity index (χ0v) is 33.7. The van der Waals surface area contributed by atoms with Crippen molar-refractivity contribution < 1.29 is 14.4 Å². The number of piperidine rings is 4. The molecule has 2 N–H and O–H groups in total. The summed E-state index contributed by atoms with van der Waals surface area (Å²) in [6.45, 7) is 7.33. The van der Waals surface area contributed by atoms with Crippen LogP contribution in [0.4, 0.5) is 11.4 Å². The van der Waals surface area contributed by atoms with Crippen LogP contribution >= 0.6 is 15.9 Å². The van der Waals surface area contributed by atoms with Gasteiger partial charge in [0.25, 0.3) is 11.5 Å². The van der Waals surface area contributed by atoms with Crippen LogP contribution in [0, 0.1) is 18.3 Å². The Labute approximate surface area is 307 Å². The van der Waals surface area contributed by atoms with Gasteiger partial charge >= 0.3 is 0 Å². The van der Waals surface area contributed by atoms with Gasteiger partial charge in [-0.15, -0.1) is 12.1 Å². The van der Waals surface area contributed by atoms with Gasteiger partial charge in [-0.3, -0.25) is 24.5 Å². The number of rotatable bonds is 6. The number of amides is 3. The molecule has 11 nitrogen and oxygen atoms in total. The Balaban J connectivity index is 0.00000464. The standard InChI is InChI=1S/C39H47BrN7O4.Lr/c1-25-20-28(31-9-11-34(48)43-36(31)49)8-10-33(25)46-16-12-39(13-17-46)14-18-47(19-15-39)37(50)27-6-4-26(5-7-27)29-21-30(24-44(2)23-29)42-32-22-41-45(3)38(51)35(32)40;/h4-8,10,20,22,30-31,42H,9,11-19,21,23-24H2,1-3H3,(H,43,48,49);/q-1;/t30-,31?;/m1./s1. The number of imide groups is 1. The molecule has 7 rings (SSSR count). The largest absolute Gasteiger partial charge is 0.379 e. The Morgan fingerprint density at radius 2 is 1.69 bits per heavy atom. The molecule has 4 aliphatic heterocycles. The van der Waals surface area contributed by atoms with Gasteiger partial charge in [0.05, 0.1) is 17.8 Å². The first kappa shape index (κ1) is 36.6. The van der Waals surface area contributed by atoms with E-state index in [-0.39, 0.29) is 40.7 Å². The number of likely N-dealkylation sites (N-methyl/N-ethyl adjacent to an activating group) is 1. The number of aromatic nitrogens is 2. The molecule has 0 bridgehead atoms. The van der Waals surface area contributed by atoms with Crippen molar-refractivity contribution in [3.05, 3.63) is 91.7 Å². The molecule has 52 heavy (non-hydrogen) atoms. The Bertz CT molecular complexity index is 1870. The minimum absolute atomic E-state index is 0. The Kier molecular flexibility index (Phi) is 10.4. The summed E-state index contributed by atoms with van der Waals surface area (Å²) in [6.07, 6.45) is 7.72. The number of aryl methyl sites for hydroxylation is 2. The predicted octanol–water partition coefficient (Wildman–Crippen LogP) is 4.63. The number of anilines is 2. The van der Waals surface area contributed by atoms with Gasteiger partial charge in [-0.1, -0.05) is 18.6 Å². The number of likely N-dealkylation sites (tertiary alicyclic amines) is 2. The van der Waals surface area contributed by atoms with E-state index in [2.05, 4.69) is 85.8 Å². The maximum atomic E-state index is 13.6. The van der Waals surface area contributed by atoms with Gasteiger partial charge < -0.3 is 20.0 Å². The van der Waals surface area contributed by atoms with Crippen molar-refractivity contribution in [1.82, 2.24) is 24.9 Å². The summed E-state index contributed by atoms with van der Waals surface area (Å²) < 4.78 is 1.79. The van der Waals surface area contributed by atoms with Gasteiger partial charge in [0.15, 0.2) is 0 Å². The maximum Gasteiger partial charge on any atom is 0.282 e. The minimum Gasteiger partial charge on any atom is -0.379 e. The molecule has 0 saturated carbocycles. The van der Waals surface area contributed by atoms with Crippen molar-refractivity contribution in [2.24, 2.45) is 12.5 Å². The summed E-state index contributed by atoms with van der Waals surface area (Å²) in [5.74, 6) is 0.754. The van der Waals surface area contributed by atoms with Crippen molar-refractivity contribution in [2.75, 3.05) is 56.5 Å². The van der Waals surface area contributed by atoms with Gasteiger partial charge in [0, 0.05) is 63.5 Å². The van der Waals surface area contributed by atoms with E-state index in [4.69, 9.17) is 0 Å². The zero-order chi connectivity index (χ0) is 35.9. The van der Waals surface area contributed by atoms with Crippen molar-refractivity contribution in [2.45, 2.75) is 63.8 Å². The van der Waals surface area contributed by atoms with E-state index in [9.17, 15) is 19.2 Å². The van der Waals surface area contributed by atoms with Gasteiger partial charge in [-0.2, -0.15) is 28.7 Å². The third kappa shape index (κ3) is 7.41. The van der Waals surface area contributed by atoms with Crippen LogP contribution in [0.2, 0.25) is 0 Å². The van der Waals surface area contributed by atoms with E-state index >= 15 is 0 Å². The van der Waals surface area contributed by atoms with Gasteiger partial charge in [-0.25, -0.2) is 4.68 Å². The van der Waals surface area contributed by atoms with Crippen LogP contribution in [0.5, 0.6) is 0 Å². The SMILES string of the molecule is Cc1cc(C2CCC(=O)NC2=O)ccc1N1CCC2(CCN(C(=O)c3ccc([C-]4C[C@@H](Nc5cnn(C)c(=O)c5Br)CN(C)C4)cc3)CC2)CC1.[Lr]. The molecule has 5 heterocycles. The molecule has 4 saturated heterocycles. The average Bonchev–Trinajstić information content (AvgIpc) is 3.12. The normalized spacial score (nSPS) is 22.2. The number of carbonyl (C=O) groups excluding carboxylic acids is 3. The summed E-state index contributed by atoms with van der Waals surface area (Å²) in [5, 5.41) is 10.1. The molecule has 1 spiro atoms. The van der Waals surface area contributed by atoms with Crippen LogP contribution in [0.15, 0.2) is 57.9 Å². The third-order valence-electron chi connectivity index (χ3n) is 11.6. The number of benzene rings is 2. The molecule has 1 unspecified atom stereocenters. The van der Waals surface area contributed by atoms with Gasteiger partial charge in [-0.05, 0) is 91.2 Å². The summed E-state index contributed by atoms with van der Waals surface area (Å²) >= 11 is 3.43. The first-order valence-electron chi connectivity index (χ1n) is 18.1. The summed E-state index contributed by atoms with van der Waals surface area (Å²) in [4.78, 5) is 56.7. The molecular formula is C39H47BrLrN7O4-. The van der Waals surface area contributed by atoms with Crippen LogP contribution in [0.25, 0.3) is 0 Å². The second-order valence-electron chi connectivity index (χ2n) is 15.1. The molecule has 2 atom stereocenters. The molecule has 0 aliphatic carbocycles. The van der Waals surface area contributed by atoms with Crippen LogP contribution in [0.3, 0.4) is 0 Å². The number of nitrogens with one attached hydrogen (secondary N) is 2. The third-order valence-corrected chi connectivity index (χ3v) is 12.4. The number of hydrogen-bond acceptors (Lipinski definition) is 8. The second kappa shape index (κ2) is 14.8. The second-order valence-corrected chi connectivity index (χ2v) is 15.8. The van der Waals surface area contributed by atoms with Crippen molar-refractivity contribution >= 4 is 45.0 Å². The average molecular weight is 1020 g/mol. The monoisotopic (exact) mass is 1020 g/mol. The van der Waals surface area contributed by atoms with Crippen LogP contribution in [0.1, 0.15) is 77.9 Å². The zero-order valence-electron chi connectivity index (χ0n) is 30.0. The molecule has 2 aromatic carbocycles. The fourth-order valence-corrected chi connectivity index (χ4v) is 9.00. The predicted molar refractivity (Wildman–Crippen MR) is 201 cm³/mol. The summed E-state index contributed by atoms with van der Waals surface area (Å²) in [7, 11) is 3.73. The Morgan fingerprint density at radius 1 is 1.00 bits per heavy atom. The Hall–Kier alpha value is -5.16.